The van der Waals surface area contributed by atoms with Crippen molar-refractivity contribution >= 4 is 5.91 Å². The van der Waals surface area contributed by atoms with Crippen LogP contribution in [0, 0.1) is 5.92 Å². The summed E-state index contributed by atoms with van der Waals surface area (Å²) in [6.45, 7) is 4.37. The largest absolute Gasteiger partial charge is 0.393 e. The summed E-state index contributed by atoms with van der Waals surface area (Å²) in [5.74, 6) is 0.744. The fraction of sp³-hybridized carbons (Fsp3) is 0.500. The van der Waals surface area contributed by atoms with Gasteiger partial charge >= 0.3 is 0 Å². The summed E-state index contributed by atoms with van der Waals surface area (Å²) in [4.78, 5) is 12.0. The van der Waals surface area contributed by atoms with Crippen LogP contribution in [0.15, 0.2) is 42.0 Å². The van der Waals surface area contributed by atoms with Gasteiger partial charge in [-0.25, -0.2) is 0 Å². The summed E-state index contributed by atoms with van der Waals surface area (Å²) in [5.41, 5.74) is 2.33. The van der Waals surface area contributed by atoms with Crippen LogP contribution >= 0.6 is 0 Å². The lowest BCUT2D eigenvalue weighted by atomic mass is 9.93. The van der Waals surface area contributed by atoms with Gasteiger partial charge in [-0.2, -0.15) is 0 Å². The molecule has 0 heterocycles. The van der Waals surface area contributed by atoms with E-state index in [0.717, 1.165) is 5.56 Å². The second kappa shape index (κ2) is 7.41. The van der Waals surface area contributed by atoms with Crippen LogP contribution < -0.4 is 5.32 Å². The van der Waals surface area contributed by atoms with Gasteiger partial charge in [0.2, 0.25) is 5.91 Å². The predicted octanol–water partition coefficient (Wildman–Crippen LogP) is 3.01. The first-order valence-electron chi connectivity index (χ1n) is 7.75. The van der Waals surface area contributed by atoms with Gasteiger partial charge in [-0.05, 0) is 44.6 Å². The molecule has 0 spiro atoms. The third-order valence-corrected chi connectivity index (χ3v) is 4.00. The predicted molar refractivity (Wildman–Crippen MR) is 85.0 cm³/mol. The minimum atomic E-state index is -0.379. The van der Waals surface area contributed by atoms with E-state index in [1.165, 1.54) is 18.4 Å². The number of nitrogens with one attached hydrogen (secondary N) is 1. The number of benzene rings is 1. The molecule has 2 N–H and O–H groups in total. The van der Waals surface area contributed by atoms with Crippen LogP contribution in [0.2, 0.25) is 0 Å². The van der Waals surface area contributed by atoms with Gasteiger partial charge in [0.25, 0.3) is 0 Å². The molecule has 1 fully saturated rings. The summed E-state index contributed by atoms with van der Waals surface area (Å²) in [7, 11) is 0. The molecule has 0 bridgehead atoms. The lowest BCUT2D eigenvalue weighted by Crippen LogP contribution is -2.28. The Hall–Kier alpha value is -1.61. The highest BCUT2D eigenvalue weighted by Crippen LogP contribution is 2.35. The molecule has 0 aliphatic heterocycles. The van der Waals surface area contributed by atoms with Crippen molar-refractivity contribution in [2.45, 2.75) is 45.1 Å². The first-order chi connectivity index (χ1) is 10.1. The number of rotatable bonds is 7. The third kappa shape index (κ3) is 5.35. The summed E-state index contributed by atoms with van der Waals surface area (Å²) in [5, 5.41) is 12.6. The molecule has 0 radical (unpaired) electrons. The monoisotopic (exact) mass is 287 g/mol. The van der Waals surface area contributed by atoms with Gasteiger partial charge in [-0.15, -0.1) is 0 Å². The first-order valence-corrected chi connectivity index (χ1v) is 7.75. The average Bonchev–Trinajstić information content (AvgIpc) is 3.28. The van der Waals surface area contributed by atoms with Crippen LogP contribution in [0.25, 0.3) is 0 Å². The highest BCUT2D eigenvalue weighted by molar-refractivity contribution is 5.88. The number of allylic oxidation sites excluding steroid dienone is 1. The van der Waals surface area contributed by atoms with E-state index in [4.69, 9.17) is 0 Å². The summed E-state index contributed by atoms with van der Waals surface area (Å²) >= 11 is 0. The van der Waals surface area contributed by atoms with Crippen molar-refractivity contribution in [2.75, 3.05) is 6.54 Å². The van der Waals surface area contributed by atoms with Gasteiger partial charge in [-0.1, -0.05) is 35.9 Å². The van der Waals surface area contributed by atoms with Gasteiger partial charge in [0.05, 0.1) is 6.10 Å². The Kier molecular flexibility index (Phi) is 5.57. The van der Waals surface area contributed by atoms with E-state index in [1.807, 2.05) is 37.3 Å². The number of hydrogen-bond acceptors (Lipinski definition) is 2. The number of amides is 1. The Balaban J connectivity index is 1.92. The molecule has 2 rings (SSSR count). The Bertz CT molecular complexity index is 489. The van der Waals surface area contributed by atoms with E-state index in [1.54, 1.807) is 13.0 Å². The molecule has 2 atom stereocenters. The van der Waals surface area contributed by atoms with Gasteiger partial charge in [-0.3, -0.25) is 4.79 Å². The van der Waals surface area contributed by atoms with E-state index < -0.39 is 0 Å². The van der Waals surface area contributed by atoms with Crippen LogP contribution in [0.4, 0.5) is 0 Å². The van der Waals surface area contributed by atoms with E-state index in [-0.39, 0.29) is 17.9 Å². The molecule has 0 saturated heterocycles. The fourth-order valence-electron chi connectivity index (χ4n) is 2.61. The zero-order valence-electron chi connectivity index (χ0n) is 12.9. The lowest BCUT2D eigenvalue weighted by molar-refractivity contribution is -0.116. The second-order valence-electron chi connectivity index (χ2n) is 6.10. The zero-order valence-corrected chi connectivity index (χ0v) is 12.9. The van der Waals surface area contributed by atoms with Crippen molar-refractivity contribution in [3.63, 3.8) is 0 Å². The summed E-state index contributed by atoms with van der Waals surface area (Å²) in [6, 6.07) is 10.0. The molecule has 1 amide bonds. The van der Waals surface area contributed by atoms with Crippen LogP contribution in [0.5, 0.6) is 0 Å². The van der Waals surface area contributed by atoms with Crippen LogP contribution in [0.1, 0.15) is 44.6 Å². The van der Waals surface area contributed by atoms with Crippen molar-refractivity contribution in [3.05, 3.63) is 47.5 Å². The van der Waals surface area contributed by atoms with Crippen LogP contribution in [-0.2, 0) is 4.79 Å². The Morgan fingerprint density at radius 3 is 2.62 bits per heavy atom. The molecule has 114 valence electrons. The molecule has 0 aromatic heterocycles. The van der Waals surface area contributed by atoms with Crippen LogP contribution in [-0.4, -0.2) is 23.7 Å². The molecule has 1 aliphatic rings. The smallest absolute Gasteiger partial charge is 0.243 e. The highest BCUT2D eigenvalue weighted by Gasteiger charge is 2.23. The standard InChI is InChI=1S/C18H25NO2/c1-13(15-8-9-15)10-18(21)19-12-17(11-14(2)20)16-6-4-3-5-7-16/h3-7,10,14-15,17,20H,8-9,11-12H2,1-2H3,(H,19,21)/b13-10-. The van der Waals surface area contributed by atoms with E-state index >= 15 is 0 Å². The topological polar surface area (TPSA) is 49.3 Å². The van der Waals surface area contributed by atoms with Gasteiger partial charge < -0.3 is 10.4 Å². The Morgan fingerprint density at radius 1 is 1.38 bits per heavy atom. The minimum absolute atomic E-state index is 0.0223. The number of carbonyl (C=O) groups excluding carboxylic acids is 1. The number of carbonyl (C=O) groups is 1. The van der Waals surface area contributed by atoms with Crippen molar-refractivity contribution in [3.8, 4) is 0 Å². The molecule has 1 saturated carbocycles. The maximum atomic E-state index is 12.0. The molecule has 1 aromatic rings. The van der Waals surface area contributed by atoms with Crippen molar-refractivity contribution in [1.82, 2.24) is 5.32 Å². The minimum Gasteiger partial charge on any atom is -0.393 e. The number of aliphatic hydroxyl groups excluding tert-OH is 1. The first kappa shape index (κ1) is 15.8. The van der Waals surface area contributed by atoms with E-state index in [0.29, 0.717) is 18.9 Å². The normalized spacial score (nSPS) is 18.1. The molecule has 2 unspecified atom stereocenters. The fourth-order valence-corrected chi connectivity index (χ4v) is 2.61. The summed E-state index contributed by atoms with van der Waals surface area (Å²) < 4.78 is 0. The summed E-state index contributed by atoms with van der Waals surface area (Å²) in [6.07, 6.45) is 4.42. The Morgan fingerprint density at radius 2 is 2.05 bits per heavy atom. The lowest BCUT2D eigenvalue weighted by Gasteiger charge is -2.19. The quantitative estimate of drug-likeness (QED) is 0.757. The average molecular weight is 287 g/mol. The number of hydrogen-bond donors (Lipinski definition) is 2. The molecule has 1 aliphatic carbocycles. The maximum absolute atomic E-state index is 12.0. The zero-order chi connectivity index (χ0) is 15.2. The SMILES string of the molecule is C/C(=C/C(=O)NCC(CC(C)O)c1ccccc1)C1CC1. The molecular formula is C18H25NO2. The molecule has 3 nitrogen and oxygen atoms in total. The van der Waals surface area contributed by atoms with Gasteiger partial charge in [0.15, 0.2) is 0 Å². The molecule has 1 aromatic carbocycles. The van der Waals surface area contributed by atoms with Crippen LogP contribution in [0.3, 0.4) is 0 Å². The maximum Gasteiger partial charge on any atom is 0.243 e. The van der Waals surface area contributed by atoms with Gasteiger partial charge in [0, 0.05) is 18.5 Å². The highest BCUT2D eigenvalue weighted by atomic mass is 16.3. The van der Waals surface area contributed by atoms with E-state index in [2.05, 4.69) is 5.32 Å². The second-order valence-corrected chi connectivity index (χ2v) is 6.10. The van der Waals surface area contributed by atoms with Crippen molar-refractivity contribution in [2.24, 2.45) is 5.92 Å². The van der Waals surface area contributed by atoms with Gasteiger partial charge in [0.1, 0.15) is 0 Å². The van der Waals surface area contributed by atoms with Crippen molar-refractivity contribution in [1.29, 1.82) is 0 Å². The van der Waals surface area contributed by atoms with E-state index in [9.17, 15) is 9.90 Å². The molecule has 3 heteroatoms. The number of aliphatic hydroxyl groups is 1. The van der Waals surface area contributed by atoms with Crippen molar-refractivity contribution < 1.29 is 9.90 Å². The third-order valence-electron chi connectivity index (χ3n) is 4.00. The molecule has 21 heavy (non-hydrogen) atoms. The molecular weight excluding hydrogens is 262 g/mol. The Labute approximate surface area is 127 Å².